The van der Waals surface area contributed by atoms with Crippen LogP contribution in [0.5, 0.6) is 0 Å². The summed E-state index contributed by atoms with van der Waals surface area (Å²) in [4.78, 5) is 4.30. The van der Waals surface area contributed by atoms with Crippen LogP contribution in [0.25, 0.3) is 0 Å². The Morgan fingerprint density at radius 3 is 3.00 bits per heavy atom. The van der Waals surface area contributed by atoms with E-state index >= 15 is 0 Å². The van der Waals surface area contributed by atoms with Crippen LogP contribution in [0.3, 0.4) is 0 Å². The molecular formula is C14H18FN3. The summed E-state index contributed by atoms with van der Waals surface area (Å²) in [6.45, 7) is 5.69. The van der Waals surface area contributed by atoms with Gasteiger partial charge in [-0.3, -0.25) is 0 Å². The Morgan fingerprint density at radius 1 is 1.44 bits per heavy atom. The second-order valence-electron chi connectivity index (χ2n) is 4.29. The first-order valence-electron chi connectivity index (χ1n) is 6.19. The summed E-state index contributed by atoms with van der Waals surface area (Å²) in [6.07, 6.45) is 3.76. The van der Waals surface area contributed by atoms with Crippen molar-refractivity contribution in [3.05, 3.63) is 53.9 Å². The van der Waals surface area contributed by atoms with E-state index in [0.29, 0.717) is 6.54 Å². The van der Waals surface area contributed by atoms with E-state index in [1.807, 2.05) is 19.2 Å². The Bertz CT molecular complexity index is 507. The van der Waals surface area contributed by atoms with Crippen molar-refractivity contribution < 1.29 is 4.39 Å². The standard InChI is InChI=1S/C14H18FN3/c1-3-18-8-7-16-14(18)10-17-11(2)12-5-4-6-13(15)9-12/h4-9,11,17H,3,10H2,1-2H3. The number of rotatable bonds is 5. The van der Waals surface area contributed by atoms with Crippen LogP contribution in [-0.2, 0) is 13.1 Å². The fraction of sp³-hybridized carbons (Fsp3) is 0.357. The first kappa shape index (κ1) is 12.8. The average molecular weight is 247 g/mol. The van der Waals surface area contributed by atoms with Crippen LogP contribution in [0.15, 0.2) is 36.7 Å². The molecule has 0 saturated carbocycles. The van der Waals surface area contributed by atoms with Crippen LogP contribution in [-0.4, -0.2) is 9.55 Å². The minimum atomic E-state index is -0.198. The third-order valence-corrected chi connectivity index (χ3v) is 3.06. The van der Waals surface area contributed by atoms with Gasteiger partial charge in [0.2, 0.25) is 0 Å². The van der Waals surface area contributed by atoms with Gasteiger partial charge in [-0.25, -0.2) is 9.37 Å². The van der Waals surface area contributed by atoms with E-state index in [2.05, 4.69) is 21.8 Å². The molecule has 18 heavy (non-hydrogen) atoms. The number of halogens is 1. The molecule has 0 bridgehead atoms. The number of imidazole rings is 1. The lowest BCUT2D eigenvalue weighted by molar-refractivity contribution is 0.535. The van der Waals surface area contributed by atoms with Gasteiger partial charge in [-0.2, -0.15) is 0 Å². The van der Waals surface area contributed by atoms with E-state index in [4.69, 9.17) is 0 Å². The topological polar surface area (TPSA) is 29.9 Å². The third-order valence-electron chi connectivity index (χ3n) is 3.06. The fourth-order valence-corrected chi connectivity index (χ4v) is 1.93. The maximum atomic E-state index is 13.1. The van der Waals surface area contributed by atoms with Gasteiger partial charge in [-0.05, 0) is 31.5 Å². The Balaban J connectivity index is 1.98. The van der Waals surface area contributed by atoms with Gasteiger partial charge in [-0.15, -0.1) is 0 Å². The van der Waals surface area contributed by atoms with Crippen molar-refractivity contribution >= 4 is 0 Å². The predicted octanol–water partition coefficient (Wildman–Crippen LogP) is 2.89. The van der Waals surface area contributed by atoms with E-state index in [1.54, 1.807) is 18.3 Å². The zero-order chi connectivity index (χ0) is 13.0. The summed E-state index contributed by atoms with van der Waals surface area (Å²) in [6, 6.07) is 6.77. The lowest BCUT2D eigenvalue weighted by atomic mass is 10.1. The van der Waals surface area contributed by atoms with Gasteiger partial charge in [0, 0.05) is 25.0 Å². The maximum Gasteiger partial charge on any atom is 0.123 e. The van der Waals surface area contributed by atoms with Gasteiger partial charge in [-0.1, -0.05) is 12.1 Å². The van der Waals surface area contributed by atoms with Crippen molar-refractivity contribution in [3.63, 3.8) is 0 Å². The summed E-state index contributed by atoms with van der Waals surface area (Å²) in [5.41, 5.74) is 0.949. The van der Waals surface area contributed by atoms with Crippen LogP contribution in [0, 0.1) is 5.82 Å². The lowest BCUT2D eigenvalue weighted by Gasteiger charge is -2.14. The molecule has 2 aromatic rings. The fourth-order valence-electron chi connectivity index (χ4n) is 1.93. The minimum absolute atomic E-state index is 0.0997. The molecule has 1 aromatic carbocycles. The Kier molecular flexibility index (Phi) is 4.10. The number of hydrogen-bond acceptors (Lipinski definition) is 2. The highest BCUT2D eigenvalue weighted by atomic mass is 19.1. The van der Waals surface area contributed by atoms with Crippen molar-refractivity contribution in [2.45, 2.75) is 33.0 Å². The summed E-state index contributed by atoms with van der Waals surface area (Å²) in [5.74, 6) is 0.803. The molecule has 0 radical (unpaired) electrons. The Labute approximate surface area is 107 Å². The lowest BCUT2D eigenvalue weighted by Crippen LogP contribution is -2.20. The highest BCUT2D eigenvalue weighted by Crippen LogP contribution is 2.14. The molecule has 2 rings (SSSR count). The van der Waals surface area contributed by atoms with Crippen LogP contribution in [0.2, 0.25) is 0 Å². The van der Waals surface area contributed by atoms with E-state index in [1.165, 1.54) is 6.07 Å². The summed E-state index contributed by atoms with van der Waals surface area (Å²) < 4.78 is 15.2. The monoisotopic (exact) mass is 247 g/mol. The number of benzene rings is 1. The van der Waals surface area contributed by atoms with E-state index in [-0.39, 0.29) is 11.9 Å². The second-order valence-corrected chi connectivity index (χ2v) is 4.29. The SMILES string of the molecule is CCn1ccnc1CNC(C)c1cccc(F)c1. The van der Waals surface area contributed by atoms with Gasteiger partial charge in [0.05, 0.1) is 6.54 Å². The molecule has 1 aromatic heterocycles. The van der Waals surface area contributed by atoms with E-state index in [0.717, 1.165) is 17.9 Å². The normalized spacial score (nSPS) is 12.6. The quantitative estimate of drug-likeness (QED) is 0.880. The molecule has 0 fully saturated rings. The van der Waals surface area contributed by atoms with Gasteiger partial charge in [0.1, 0.15) is 11.6 Å². The summed E-state index contributed by atoms with van der Waals surface area (Å²) >= 11 is 0. The number of aryl methyl sites for hydroxylation is 1. The molecule has 0 aliphatic heterocycles. The summed E-state index contributed by atoms with van der Waals surface area (Å²) in [7, 11) is 0. The molecule has 4 heteroatoms. The molecule has 1 unspecified atom stereocenters. The predicted molar refractivity (Wildman–Crippen MR) is 69.6 cm³/mol. The molecular weight excluding hydrogens is 229 g/mol. The molecule has 1 atom stereocenters. The zero-order valence-electron chi connectivity index (χ0n) is 10.7. The van der Waals surface area contributed by atoms with Gasteiger partial charge in [0.25, 0.3) is 0 Å². The van der Waals surface area contributed by atoms with E-state index < -0.39 is 0 Å². The number of aromatic nitrogens is 2. The minimum Gasteiger partial charge on any atom is -0.334 e. The molecule has 1 N–H and O–H groups in total. The highest BCUT2D eigenvalue weighted by molar-refractivity contribution is 5.19. The molecule has 0 spiro atoms. The van der Waals surface area contributed by atoms with Crippen LogP contribution >= 0.6 is 0 Å². The second kappa shape index (κ2) is 5.78. The molecule has 0 saturated heterocycles. The first-order chi connectivity index (χ1) is 8.70. The smallest absolute Gasteiger partial charge is 0.123 e. The molecule has 0 aliphatic rings. The van der Waals surface area contributed by atoms with Crippen molar-refractivity contribution in [3.8, 4) is 0 Å². The third kappa shape index (κ3) is 2.96. The number of nitrogens with zero attached hydrogens (tertiary/aromatic N) is 2. The first-order valence-corrected chi connectivity index (χ1v) is 6.19. The molecule has 0 amide bonds. The molecule has 0 aliphatic carbocycles. The number of hydrogen-bond donors (Lipinski definition) is 1. The van der Waals surface area contributed by atoms with Crippen LogP contribution < -0.4 is 5.32 Å². The van der Waals surface area contributed by atoms with Crippen LogP contribution in [0.1, 0.15) is 31.3 Å². The Hall–Kier alpha value is -1.68. The van der Waals surface area contributed by atoms with Gasteiger partial charge < -0.3 is 9.88 Å². The van der Waals surface area contributed by atoms with E-state index in [9.17, 15) is 4.39 Å². The zero-order valence-corrected chi connectivity index (χ0v) is 10.7. The van der Waals surface area contributed by atoms with Crippen LogP contribution in [0.4, 0.5) is 4.39 Å². The average Bonchev–Trinajstić information content (AvgIpc) is 2.83. The van der Waals surface area contributed by atoms with Gasteiger partial charge in [0.15, 0.2) is 0 Å². The number of nitrogens with one attached hydrogen (secondary N) is 1. The molecule has 3 nitrogen and oxygen atoms in total. The largest absolute Gasteiger partial charge is 0.334 e. The van der Waals surface area contributed by atoms with Crippen molar-refractivity contribution in [1.82, 2.24) is 14.9 Å². The molecule has 96 valence electrons. The highest BCUT2D eigenvalue weighted by Gasteiger charge is 2.07. The molecule has 1 heterocycles. The van der Waals surface area contributed by atoms with Gasteiger partial charge >= 0.3 is 0 Å². The van der Waals surface area contributed by atoms with Crippen molar-refractivity contribution in [1.29, 1.82) is 0 Å². The Morgan fingerprint density at radius 2 is 2.28 bits per heavy atom. The maximum absolute atomic E-state index is 13.1. The van der Waals surface area contributed by atoms with Crippen molar-refractivity contribution in [2.24, 2.45) is 0 Å². The summed E-state index contributed by atoms with van der Waals surface area (Å²) in [5, 5.41) is 3.35. The van der Waals surface area contributed by atoms with Crippen molar-refractivity contribution in [2.75, 3.05) is 0 Å².